The summed E-state index contributed by atoms with van der Waals surface area (Å²) < 4.78 is 46.1. The van der Waals surface area contributed by atoms with Crippen LogP contribution < -0.4 is 23.8 Å². The normalized spacial score (nSPS) is 11.7. The van der Waals surface area contributed by atoms with Crippen LogP contribution >= 0.6 is 23.2 Å². The van der Waals surface area contributed by atoms with Gasteiger partial charge in [-0.15, -0.1) is 0 Å². The lowest BCUT2D eigenvalue weighted by Gasteiger charge is -2.34. The van der Waals surface area contributed by atoms with Crippen LogP contribution in [-0.4, -0.2) is 65.6 Å². The van der Waals surface area contributed by atoms with E-state index in [4.69, 9.17) is 37.4 Å². The fourth-order valence-corrected chi connectivity index (χ4v) is 6.97. The summed E-state index contributed by atoms with van der Waals surface area (Å²) in [5, 5.41) is 3.49. The van der Waals surface area contributed by atoms with Crippen LogP contribution in [0.2, 0.25) is 10.0 Å². The van der Waals surface area contributed by atoms with Crippen molar-refractivity contribution in [3.05, 3.63) is 112 Å². The lowest BCUT2D eigenvalue weighted by molar-refractivity contribution is -0.140. The van der Waals surface area contributed by atoms with Gasteiger partial charge in [-0.05, 0) is 60.5 Å². The van der Waals surface area contributed by atoms with Crippen LogP contribution in [0.1, 0.15) is 18.1 Å². The summed E-state index contributed by atoms with van der Waals surface area (Å²) in [6.07, 6.45) is 0.169. The van der Waals surface area contributed by atoms with E-state index in [1.54, 1.807) is 37.3 Å². The van der Waals surface area contributed by atoms with Gasteiger partial charge in [0.15, 0.2) is 11.5 Å². The smallest absolute Gasteiger partial charge is 0.265 e. The lowest BCUT2D eigenvalue weighted by Crippen LogP contribution is -2.53. The number of ether oxygens (including phenoxy) is 3. The maximum absolute atomic E-state index is 14.6. The van der Waals surface area contributed by atoms with Crippen molar-refractivity contribution in [2.24, 2.45) is 0 Å². The first kappa shape index (κ1) is 36.4. The highest BCUT2D eigenvalue weighted by molar-refractivity contribution is 7.92. The van der Waals surface area contributed by atoms with E-state index in [2.05, 4.69) is 5.32 Å². The number of amides is 2. The molecule has 4 aromatic carbocycles. The lowest BCUT2D eigenvalue weighted by atomic mass is 10.0. The fourth-order valence-electron chi connectivity index (χ4n) is 5.15. The summed E-state index contributed by atoms with van der Waals surface area (Å²) in [6, 6.07) is 23.7. The molecule has 0 aliphatic carbocycles. The van der Waals surface area contributed by atoms with Crippen LogP contribution in [0.15, 0.2) is 95.9 Å². The van der Waals surface area contributed by atoms with Gasteiger partial charge in [-0.1, -0.05) is 65.7 Å². The molecule has 2 amide bonds. The van der Waals surface area contributed by atoms with Gasteiger partial charge in [-0.2, -0.15) is 0 Å². The number of hydrogen-bond donors (Lipinski definition) is 1. The number of sulfonamides is 1. The molecule has 254 valence electrons. The number of halogens is 2. The predicted molar refractivity (Wildman–Crippen MR) is 187 cm³/mol. The van der Waals surface area contributed by atoms with E-state index in [1.807, 2.05) is 30.3 Å². The highest BCUT2D eigenvalue weighted by atomic mass is 35.5. The molecular weight excluding hydrogens is 677 g/mol. The monoisotopic (exact) mass is 713 g/mol. The molecule has 0 bridgehead atoms. The highest BCUT2D eigenvalue weighted by Crippen LogP contribution is 2.37. The predicted octanol–water partition coefficient (Wildman–Crippen LogP) is 5.99. The maximum Gasteiger partial charge on any atom is 0.265 e. The molecule has 48 heavy (non-hydrogen) atoms. The van der Waals surface area contributed by atoms with Gasteiger partial charge in [0.25, 0.3) is 10.0 Å². The zero-order valence-electron chi connectivity index (χ0n) is 27.0. The summed E-state index contributed by atoms with van der Waals surface area (Å²) in [7, 11) is -0.293. The molecule has 0 aromatic heterocycles. The molecule has 10 nitrogen and oxygen atoms in total. The third-order valence-electron chi connectivity index (χ3n) is 7.50. The summed E-state index contributed by atoms with van der Waals surface area (Å²) in [6.45, 7) is 1.36. The van der Waals surface area contributed by atoms with Crippen molar-refractivity contribution in [3.63, 3.8) is 0 Å². The van der Waals surface area contributed by atoms with Crippen molar-refractivity contribution >= 4 is 50.7 Å². The van der Waals surface area contributed by atoms with Crippen LogP contribution in [0.25, 0.3) is 0 Å². The SMILES string of the molecule is CCNC(=O)C(Cc1ccccc1)N(Cc1cccc(Cl)c1)C(=O)CN(c1cc(Cl)ccc1OC)S(=O)(=O)c1ccc(OC)c(OC)c1. The Balaban J connectivity index is 1.88. The second-order valence-corrected chi connectivity index (χ2v) is 13.3. The molecule has 1 N–H and O–H groups in total. The van der Waals surface area contributed by atoms with Gasteiger partial charge in [-0.3, -0.25) is 13.9 Å². The van der Waals surface area contributed by atoms with E-state index in [1.165, 1.54) is 56.6 Å². The van der Waals surface area contributed by atoms with Crippen LogP contribution in [0.4, 0.5) is 5.69 Å². The minimum absolute atomic E-state index is 0.0217. The van der Waals surface area contributed by atoms with E-state index in [0.29, 0.717) is 22.9 Å². The zero-order chi connectivity index (χ0) is 34.8. The first-order chi connectivity index (χ1) is 23.0. The van der Waals surface area contributed by atoms with E-state index < -0.39 is 34.4 Å². The first-order valence-corrected chi connectivity index (χ1v) is 17.2. The molecule has 0 heterocycles. The molecule has 0 aliphatic heterocycles. The number of nitrogens with zero attached hydrogens (tertiary/aromatic N) is 2. The summed E-state index contributed by atoms with van der Waals surface area (Å²) in [5.74, 6) is -0.413. The summed E-state index contributed by atoms with van der Waals surface area (Å²) >= 11 is 12.7. The average molecular weight is 715 g/mol. The Morgan fingerprint density at radius 3 is 2.06 bits per heavy atom. The Kier molecular flexibility index (Phi) is 12.6. The number of anilines is 1. The number of carbonyl (C=O) groups is 2. The molecule has 4 rings (SSSR count). The Hall–Kier alpha value is -4.45. The van der Waals surface area contributed by atoms with Gasteiger partial charge in [0, 0.05) is 35.6 Å². The molecular formula is C35H37Cl2N3O7S. The number of benzene rings is 4. The second-order valence-electron chi connectivity index (χ2n) is 10.6. The molecule has 0 spiro atoms. The molecule has 1 atom stereocenters. The van der Waals surface area contributed by atoms with Crippen LogP contribution in [0.5, 0.6) is 17.2 Å². The molecule has 0 saturated carbocycles. The van der Waals surface area contributed by atoms with Crippen molar-refractivity contribution in [3.8, 4) is 17.2 Å². The Morgan fingerprint density at radius 2 is 1.42 bits per heavy atom. The van der Waals surface area contributed by atoms with Crippen molar-refractivity contribution in [1.82, 2.24) is 10.2 Å². The van der Waals surface area contributed by atoms with E-state index >= 15 is 0 Å². The molecule has 0 saturated heterocycles. The summed E-state index contributed by atoms with van der Waals surface area (Å²) in [4.78, 5) is 29.5. The average Bonchev–Trinajstić information content (AvgIpc) is 3.08. The van der Waals surface area contributed by atoms with Crippen molar-refractivity contribution < 1.29 is 32.2 Å². The molecule has 0 radical (unpaired) electrons. The van der Waals surface area contributed by atoms with E-state index in [-0.39, 0.29) is 40.1 Å². The van der Waals surface area contributed by atoms with Crippen molar-refractivity contribution in [1.29, 1.82) is 0 Å². The number of nitrogens with one attached hydrogen (secondary N) is 1. The third-order valence-corrected chi connectivity index (χ3v) is 9.72. The largest absolute Gasteiger partial charge is 0.495 e. The highest BCUT2D eigenvalue weighted by Gasteiger charge is 2.36. The molecule has 4 aromatic rings. The Labute approximate surface area is 291 Å². The second kappa shape index (κ2) is 16.6. The van der Waals surface area contributed by atoms with Crippen LogP contribution in [0.3, 0.4) is 0 Å². The van der Waals surface area contributed by atoms with Crippen molar-refractivity contribution in [2.75, 3.05) is 38.7 Å². The van der Waals surface area contributed by atoms with Gasteiger partial charge in [0.1, 0.15) is 18.3 Å². The maximum atomic E-state index is 14.6. The Morgan fingerprint density at radius 1 is 0.771 bits per heavy atom. The first-order valence-electron chi connectivity index (χ1n) is 15.0. The van der Waals surface area contributed by atoms with Gasteiger partial charge in [0.2, 0.25) is 11.8 Å². The quantitative estimate of drug-likeness (QED) is 0.161. The minimum Gasteiger partial charge on any atom is -0.495 e. The van der Waals surface area contributed by atoms with Crippen molar-refractivity contribution in [2.45, 2.75) is 30.8 Å². The standard InChI is InChI=1S/C35H37Cl2N3O7S/c1-5-38-35(42)30(19-24-10-7-6-8-11-24)39(22-25-12-9-13-26(36)18-25)34(41)23-40(29-20-27(37)14-16-31(29)45-2)48(43,44)28-15-17-32(46-3)33(21-28)47-4/h6-18,20-21,30H,5,19,22-23H2,1-4H3,(H,38,42). The number of hydrogen-bond acceptors (Lipinski definition) is 7. The number of carbonyl (C=O) groups excluding carboxylic acids is 2. The fraction of sp³-hybridized carbons (Fsp3) is 0.257. The molecule has 13 heteroatoms. The van der Waals surface area contributed by atoms with Gasteiger partial charge in [-0.25, -0.2) is 8.42 Å². The summed E-state index contributed by atoms with van der Waals surface area (Å²) in [5.41, 5.74) is 1.48. The number of rotatable bonds is 15. The van der Waals surface area contributed by atoms with Crippen LogP contribution in [0, 0.1) is 0 Å². The van der Waals surface area contributed by atoms with E-state index in [0.717, 1.165) is 9.87 Å². The third kappa shape index (κ3) is 8.71. The zero-order valence-corrected chi connectivity index (χ0v) is 29.3. The minimum atomic E-state index is -4.49. The number of likely N-dealkylation sites (N-methyl/N-ethyl adjacent to an activating group) is 1. The van der Waals surface area contributed by atoms with Gasteiger partial charge >= 0.3 is 0 Å². The van der Waals surface area contributed by atoms with E-state index in [9.17, 15) is 18.0 Å². The van der Waals surface area contributed by atoms with Gasteiger partial charge in [0.05, 0.1) is 31.9 Å². The Bertz CT molecular complexity index is 1840. The van der Waals surface area contributed by atoms with Gasteiger partial charge < -0.3 is 24.4 Å². The molecule has 0 aliphatic rings. The number of methoxy groups -OCH3 is 3. The molecule has 0 fully saturated rings. The topological polar surface area (TPSA) is 114 Å². The molecule has 1 unspecified atom stereocenters. The van der Waals surface area contributed by atoms with Crippen LogP contribution in [-0.2, 0) is 32.6 Å².